The van der Waals surface area contributed by atoms with Crippen molar-refractivity contribution >= 4 is 16.9 Å². The lowest BCUT2D eigenvalue weighted by molar-refractivity contribution is 0.0915. The molecule has 1 amide bonds. The molecule has 144 valence electrons. The first-order chi connectivity index (χ1) is 13.7. The normalized spacial score (nSPS) is 24.5. The Morgan fingerprint density at radius 1 is 1.14 bits per heavy atom. The lowest BCUT2D eigenvalue weighted by Crippen LogP contribution is -2.40. The van der Waals surface area contributed by atoms with E-state index in [0.717, 1.165) is 35.0 Å². The summed E-state index contributed by atoms with van der Waals surface area (Å²) in [6.07, 6.45) is 7.30. The topological polar surface area (TPSA) is 46.9 Å². The molecule has 2 aromatic carbocycles. The molecule has 3 aromatic rings. The van der Waals surface area contributed by atoms with Gasteiger partial charge in [-0.15, -0.1) is 0 Å². The van der Waals surface area contributed by atoms with Gasteiger partial charge in [-0.3, -0.25) is 4.79 Å². The molecule has 0 saturated heterocycles. The molecule has 0 aliphatic heterocycles. The summed E-state index contributed by atoms with van der Waals surface area (Å²) in [7, 11) is 0. The fraction of sp³-hybridized carbons (Fsp3) is 0.417. The summed E-state index contributed by atoms with van der Waals surface area (Å²) in [5.74, 6) is 2.45. The summed E-state index contributed by atoms with van der Waals surface area (Å²) in [5, 5.41) is 3.26. The molecule has 2 bridgehead atoms. The van der Waals surface area contributed by atoms with E-state index < -0.39 is 0 Å². The summed E-state index contributed by atoms with van der Waals surface area (Å²) in [5.41, 5.74) is 4.05. The second kappa shape index (κ2) is 7.08. The Morgan fingerprint density at radius 2 is 1.96 bits per heavy atom. The van der Waals surface area contributed by atoms with Crippen molar-refractivity contribution in [2.45, 2.75) is 45.2 Å². The van der Waals surface area contributed by atoms with Crippen LogP contribution in [0.2, 0.25) is 0 Å². The molecule has 2 aliphatic carbocycles. The number of carbonyl (C=O) groups excluding carboxylic acids is 1. The zero-order chi connectivity index (χ0) is 19.1. The summed E-state index contributed by atoms with van der Waals surface area (Å²) in [6, 6.07) is 16.4. The Labute approximate surface area is 166 Å². The maximum absolute atomic E-state index is 12.7. The van der Waals surface area contributed by atoms with Gasteiger partial charge in [-0.05, 0) is 73.8 Å². The molecular formula is C24H27N3O. The molecule has 4 nitrogen and oxygen atoms in total. The van der Waals surface area contributed by atoms with Crippen LogP contribution in [0.4, 0.5) is 0 Å². The van der Waals surface area contributed by atoms with Gasteiger partial charge < -0.3 is 9.88 Å². The molecule has 0 spiro atoms. The lowest BCUT2D eigenvalue weighted by Gasteiger charge is -2.28. The highest BCUT2D eigenvalue weighted by molar-refractivity contribution is 5.94. The third-order valence-corrected chi connectivity index (χ3v) is 6.89. The standard InChI is InChI=1S/C24H27N3O/c1-16(21-13-18-8-11-20(21)12-18)26-24(28)19-9-6-17(7-10-19)14-27-15-25-22-4-2-3-5-23(22)27/h2-7,9-10,15-16,18,20-21H,8,11-14H2,1H3,(H,26,28)/t16-,18+,20+,21+/m1/s1. The maximum Gasteiger partial charge on any atom is 0.251 e. The van der Waals surface area contributed by atoms with Gasteiger partial charge in [0.15, 0.2) is 0 Å². The van der Waals surface area contributed by atoms with Crippen molar-refractivity contribution in [1.82, 2.24) is 14.9 Å². The smallest absolute Gasteiger partial charge is 0.251 e. The molecule has 0 radical (unpaired) electrons. The molecule has 4 heteroatoms. The zero-order valence-corrected chi connectivity index (χ0v) is 16.3. The number of benzene rings is 2. The number of hydrogen-bond acceptors (Lipinski definition) is 2. The third kappa shape index (κ3) is 3.21. The number of hydrogen-bond donors (Lipinski definition) is 1. The van der Waals surface area contributed by atoms with Crippen LogP contribution in [0.5, 0.6) is 0 Å². The summed E-state index contributed by atoms with van der Waals surface area (Å²) < 4.78 is 2.14. The molecule has 5 rings (SSSR count). The maximum atomic E-state index is 12.7. The van der Waals surface area contributed by atoms with Crippen molar-refractivity contribution < 1.29 is 4.79 Å². The van der Waals surface area contributed by atoms with Crippen LogP contribution in [0.1, 0.15) is 48.5 Å². The highest BCUT2D eigenvalue weighted by Gasteiger charge is 2.42. The van der Waals surface area contributed by atoms with E-state index in [2.05, 4.69) is 27.9 Å². The third-order valence-electron chi connectivity index (χ3n) is 6.89. The van der Waals surface area contributed by atoms with E-state index in [1.807, 2.05) is 48.8 Å². The Hall–Kier alpha value is -2.62. The number of imidazole rings is 1. The fourth-order valence-electron chi connectivity index (χ4n) is 5.40. The molecule has 0 unspecified atom stereocenters. The Morgan fingerprint density at radius 3 is 2.71 bits per heavy atom. The van der Waals surface area contributed by atoms with Gasteiger partial charge in [-0.1, -0.05) is 30.7 Å². The Kier molecular flexibility index (Phi) is 4.42. The van der Waals surface area contributed by atoms with Crippen LogP contribution in [0.3, 0.4) is 0 Å². The highest BCUT2D eigenvalue weighted by atomic mass is 16.1. The number of amides is 1. The van der Waals surface area contributed by atoms with E-state index in [0.29, 0.717) is 5.92 Å². The number of para-hydroxylation sites is 2. The lowest BCUT2D eigenvalue weighted by atomic mass is 9.84. The van der Waals surface area contributed by atoms with Crippen LogP contribution in [-0.4, -0.2) is 21.5 Å². The first-order valence-corrected chi connectivity index (χ1v) is 10.5. The molecule has 1 heterocycles. The predicted molar refractivity (Wildman–Crippen MR) is 111 cm³/mol. The monoisotopic (exact) mass is 373 g/mol. The second-order valence-corrected chi connectivity index (χ2v) is 8.66. The van der Waals surface area contributed by atoms with Gasteiger partial charge in [0, 0.05) is 18.2 Å². The average molecular weight is 374 g/mol. The summed E-state index contributed by atoms with van der Waals surface area (Å²) in [4.78, 5) is 17.1. The van der Waals surface area contributed by atoms with E-state index in [9.17, 15) is 4.79 Å². The molecule has 4 atom stereocenters. The first kappa shape index (κ1) is 17.5. The minimum absolute atomic E-state index is 0.0508. The molecule has 1 N–H and O–H groups in total. The molecule has 2 saturated carbocycles. The molecule has 1 aromatic heterocycles. The van der Waals surface area contributed by atoms with Crippen molar-refractivity contribution in [3.8, 4) is 0 Å². The SMILES string of the molecule is C[C@@H](NC(=O)c1ccc(Cn2cnc3ccccc32)cc1)[C@@H]1C[C@H]2CC[C@H]1C2. The van der Waals surface area contributed by atoms with Crippen LogP contribution in [0.15, 0.2) is 54.9 Å². The van der Waals surface area contributed by atoms with Gasteiger partial charge >= 0.3 is 0 Å². The zero-order valence-electron chi connectivity index (χ0n) is 16.3. The van der Waals surface area contributed by atoms with Crippen LogP contribution in [0, 0.1) is 17.8 Å². The molecule has 2 fully saturated rings. The minimum atomic E-state index is 0.0508. The first-order valence-electron chi connectivity index (χ1n) is 10.5. The van der Waals surface area contributed by atoms with Gasteiger partial charge in [0.2, 0.25) is 0 Å². The Balaban J connectivity index is 1.24. The van der Waals surface area contributed by atoms with E-state index in [-0.39, 0.29) is 11.9 Å². The van der Waals surface area contributed by atoms with Gasteiger partial charge in [-0.2, -0.15) is 0 Å². The summed E-state index contributed by atoms with van der Waals surface area (Å²) >= 11 is 0. The van der Waals surface area contributed by atoms with Gasteiger partial charge in [0.25, 0.3) is 5.91 Å². The van der Waals surface area contributed by atoms with Crippen molar-refractivity contribution in [2.75, 3.05) is 0 Å². The van der Waals surface area contributed by atoms with E-state index in [1.54, 1.807) is 0 Å². The number of carbonyl (C=O) groups is 1. The Bertz CT molecular complexity index is 991. The van der Waals surface area contributed by atoms with Crippen LogP contribution in [0.25, 0.3) is 11.0 Å². The van der Waals surface area contributed by atoms with Crippen molar-refractivity contribution in [3.63, 3.8) is 0 Å². The van der Waals surface area contributed by atoms with E-state index >= 15 is 0 Å². The minimum Gasteiger partial charge on any atom is -0.349 e. The number of nitrogens with zero attached hydrogens (tertiary/aromatic N) is 2. The molecule has 28 heavy (non-hydrogen) atoms. The van der Waals surface area contributed by atoms with Gasteiger partial charge in [0.1, 0.15) is 0 Å². The van der Waals surface area contributed by atoms with Crippen molar-refractivity contribution in [3.05, 3.63) is 66.0 Å². The quantitative estimate of drug-likeness (QED) is 0.708. The number of aromatic nitrogens is 2. The summed E-state index contributed by atoms with van der Waals surface area (Å²) in [6.45, 7) is 2.94. The number of fused-ring (bicyclic) bond motifs is 3. The van der Waals surface area contributed by atoms with Crippen LogP contribution >= 0.6 is 0 Å². The predicted octanol–water partition coefficient (Wildman–Crippen LogP) is 4.64. The molecular weight excluding hydrogens is 346 g/mol. The van der Waals surface area contributed by atoms with Crippen molar-refractivity contribution in [2.24, 2.45) is 17.8 Å². The number of nitrogens with one attached hydrogen (secondary N) is 1. The average Bonchev–Trinajstić information content (AvgIpc) is 3.45. The van der Waals surface area contributed by atoms with Crippen LogP contribution < -0.4 is 5.32 Å². The van der Waals surface area contributed by atoms with Crippen molar-refractivity contribution in [1.29, 1.82) is 0 Å². The van der Waals surface area contributed by atoms with Gasteiger partial charge in [-0.25, -0.2) is 4.98 Å². The van der Waals surface area contributed by atoms with E-state index in [4.69, 9.17) is 0 Å². The van der Waals surface area contributed by atoms with Crippen LogP contribution in [-0.2, 0) is 6.54 Å². The van der Waals surface area contributed by atoms with E-state index in [1.165, 1.54) is 31.2 Å². The second-order valence-electron chi connectivity index (χ2n) is 8.66. The largest absolute Gasteiger partial charge is 0.349 e. The fourth-order valence-corrected chi connectivity index (χ4v) is 5.40. The van der Waals surface area contributed by atoms with Gasteiger partial charge in [0.05, 0.1) is 17.4 Å². The number of rotatable bonds is 5. The highest BCUT2D eigenvalue weighted by Crippen LogP contribution is 2.49. The molecule has 2 aliphatic rings.